The van der Waals surface area contributed by atoms with Crippen molar-refractivity contribution in [1.29, 1.82) is 0 Å². The first-order valence-corrected chi connectivity index (χ1v) is 6.07. The number of hydrogen-bond acceptors (Lipinski definition) is 8. The normalized spacial score (nSPS) is 9.64. The van der Waals surface area contributed by atoms with Crippen LogP contribution in [-0.4, -0.2) is 58.9 Å². The third-order valence-electron chi connectivity index (χ3n) is 2.14. The Morgan fingerprint density at radius 1 is 0.591 bits per heavy atom. The van der Waals surface area contributed by atoms with Gasteiger partial charge in [-0.25, -0.2) is 9.59 Å². The number of Topliss-reactive ketones (excluding diaryl/α,β-unsaturated/α-hetero) is 2. The molecule has 0 radical (unpaired) electrons. The van der Waals surface area contributed by atoms with E-state index in [0.717, 1.165) is 0 Å². The lowest BCUT2D eigenvalue weighted by Crippen LogP contribution is -2.23. The minimum atomic E-state index is -1.27. The van der Waals surface area contributed by atoms with Crippen LogP contribution in [0, 0.1) is 0 Å². The van der Waals surface area contributed by atoms with Crippen molar-refractivity contribution in [3.05, 3.63) is 0 Å². The summed E-state index contributed by atoms with van der Waals surface area (Å²) in [6, 6.07) is 0. The van der Waals surface area contributed by atoms with Gasteiger partial charge in [0.25, 0.3) is 0 Å². The van der Waals surface area contributed by atoms with Crippen molar-refractivity contribution < 1.29 is 48.5 Å². The standard InChI is InChI=1S/C12H14O10/c13-7(1-3-9(15)16)11(19)21-5-6-22-12(20)8(14)2-4-10(17)18/h1-6H2,(H,15,16)(H,17,18). The van der Waals surface area contributed by atoms with Crippen LogP contribution in [0.15, 0.2) is 0 Å². The molecule has 0 aliphatic carbocycles. The van der Waals surface area contributed by atoms with Crippen LogP contribution < -0.4 is 0 Å². The van der Waals surface area contributed by atoms with Gasteiger partial charge in [0.2, 0.25) is 11.6 Å². The number of carbonyl (C=O) groups is 6. The van der Waals surface area contributed by atoms with Gasteiger partial charge in [0.05, 0.1) is 12.8 Å². The lowest BCUT2D eigenvalue weighted by Gasteiger charge is -2.05. The highest BCUT2D eigenvalue weighted by molar-refractivity contribution is 6.34. The zero-order chi connectivity index (χ0) is 17.1. The molecule has 0 spiro atoms. The summed E-state index contributed by atoms with van der Waals surface area (Å²) in [5.41, 5.74) is 0. The largest absolute Gasteiger partial charge is 0.481 e. The number of aliphatic carboxylic acids is 2. The van der Waals surface area contributed by atoms with Crippen molar-refractivity contribution >= 4 is 35.4 Å². The Hall–Kier alpha value is -2.78. The van der Waals surface area contributed by atoms with E-state index in [-0.39, 0.29) is 0 Å². The van der Waals surface area contributed by atoms with Crippen LogP contribution in [0.25, 0.3) is 0 Å². The van der Waals surface area contributed by atoms with Gasteiger partial charge >= 0.3 is 23.9 Å². The Morgan fingerprint density at radius 3 is 1.18 bits per heavy atom. The van der Waals surface area contributed by atoms with Gasteiger partial charge in [0.15, 0.2) is 0 Å². The van der Waals surface area contributed by atoms with Crippen molar-refractivity contribution in [3.8, 4) is 0 Å². The van der Waals surface area contributed by atoms with E-state index in [1.807, 2.05) is 0 Å². The fraction of sp³-hybridized carbons (Fsp3) is 0.500. The number of carboxylic acids is 2. The Bertz CT molecular complexity index is 434. The smallest absolute Gasteiger partial charge is 0.374 e. The second kappa shape index (κ2) is 10.0. The highest BCUT2D eigenvalue weighted by atomic mass is 16.6. The van der Waals surface area contributed by atoms with E-state index >= 15 is 0 Å². The van der Waals surface area contributed by atoms with Gasteiger partial charge in [-0.05, 0) is 0 Å². The number of ether oxygens (including phenoxy) is 2. The minimum absolute atomic E-state index is 0.490. The first kappa shape index (κ1) is 19.2. The first-order chi connectivity index (χ1) is 10.2. The fourth-order valence-electron chi connectivity index (χ4n) is 1.07. The summed E-state index contributed by atoms with van der Waals surface area (Å²) in [7, 11) is 0. The van der Waals surface area contributed by atoms with E-state index in [4.69, 9.17) is 10.2 Å². The molecule has 0 rings (SSSR count). The molecule has 0 aliphatic heterocycles. The van der Waals surface area contributed by atoms with Crippen LogP contribution in [0.5, 0.6) is 0 Å². The number of rotatable bonds is 11. The van der Waals surface area contributed by atoms with Crippen molar-refractivity contribution in [2.75, 3.05) is 13.2 Å². The maximum Gasteiger partial charge on any atom is 0.374 e. The Balaban J connectivity index is 3.87. The van der Waals surface area contributed by atoms with Gasteiger partial charge in [0, 0.05) is 12.8 Å². The molecule has 0 aromatic carbocycles. The molecule has 0 saturated heterocycles. The van der Waals surface area contributed by atoms with Gasteiger partial charge in [-0.3, -0.25) is 19.2 Å². The Kier molecular flexibility index (Phi) is 8.75. The number of hydrogen-bond donors (Lipinski definition) is 2. The SMILES string of the molecule is O=C(O)CCC(=O)C(=O)OCCOC(=O)C(=O)CCC(=O)O. The number of ketones is 2. The number of carbonyl (C=O) groups excluding carboxylic acids is 4. The van der Waals surface area contributed by atoms with Crippen LogP contribution in [0.2, 0.25) is 0 Å². The molecule has 0 aliphatic rings. The van der Waals surface area contributed by atoms with Crippen molar-refractivity contribution in [2.24, 2.45) is 0 Å². The summed E-state index contributed by atoms with van der Waals surface area (Å²) in [6.45, 7) is -0.981. The van der Waals surface area contributed by atoms with Gasteiger partial charge < -0.3 is 19.7 Å². The van der Waals surface area contributed by atoms with Crippen molar-refractivity contribution in [2.45, 2.75) is 25.7 Å². The fourth-order valence-corrected chi connectivity index (χ4v) is 1.07. The van der Waals surface area contributed by atoms with E-state index in [1.165, 1.54) is 0 Å². The summed E-state index contributed by atoms with van der Waals surface area (Å²) in [5, 5.41) is 16.6. The van der Waals surface area contributed by atoms with E-state index in [2.05, 4.69) is 9.47 Å². The topological polar surface area (TPSA) is 161 Å². The van der Waals surface area contributed by atoms with Gasteiger partial charge in [-0.2, -0.15) is 0 Å². The summed E-state index contributed by atoms with van der Waals surface area (Å²) in [5.74, 6) is -7.09. The molecule has 2 N–H and O–H groups in total. The predicted octanol–water partition coefficient (Wildman–Crippen LogP) is -1.06. The molecule has 0 aromatic heterocycles. The molecule has 10 heteroatoms. The van der Waals surface area contributed by atoms with Crippen LogP contribution in [0.1, 0.15) is 25.7 Å². The molecule has 0 atom stereocenters. The monoisotopic (exact) mass is 318 g/mol. The third-order valence-corrected chi connectivity index (χ3v) is 2.14. The zero-order valence-corrected chi connectivity index (χ0v) is 11.4. The Morgan fingerprint density at radius 2 is 0.909 bits per heavy atom. The molecule has 0 fully saturated rings. The maximum atomic E-state index is 11.1. The zero-order valence-electron chi connectivity index (χ0n) is 11.4. The molecule has 0 amide bonds. The molecule has 122 valence electrons. The average Bonchev–Trinajstić information content (AvgIpc) is 2.45. The maximum absolute atomic E-state index is 11.1. The quantitative estimate of drug-likeness (QED) is 0.273. The van der Waals surface area contributed by atoms with Crippen LogP contribution in [0.3, 0.4) is 0 Å². The molecule has 0 saturated carbocycles. The number of carboxylic acid groups (broad SMARTS) is 2. The Labute approximate surface area is 124 Å². The lowest BCUT2D eigenvalue weighted by molar-refractivity contribution is -0.160. The molecular formula is C12H14O10. The third kappa shape index (κ3) is 9.18. The summed E-state index contributed by atoms with van der Waals surface area (Å²) < 4.78 is 8.80. The van der Waals surface area contributed by atoms with Crippen molar-refractivity contribution in [3.63, 3.8) is 0 Å². The molecule has 0 unspecified atom stereocenters. The average molecular weight is 318 g/mol. The second-order valence-corrected chi connectivity index (χ2v) is 3.91. The van der Waals surface area contributed by atoms with Gasteiger partial charge in [0.1, 0.15) is 13.2 Å². The van der Waals surface area contributed by atoms with Crippen LogP contribution in [0.4, 0.5) is 0 Å². The molecular weight excluding hydrogens is 304 g/mol. The predicted molar refractivity (Wildman–Crippen MR) is 65.7 cm³/mol. The second-order valence-electron chi connectivity index (χ2n) is 3.91. The molecule has 0 heterocycles. The van der Waals surface area contributed by atoms with Crippen LogP contribution in [-0.2, 0) is 38.2 Å². The summed E-state index contributed by atoms with van der Waals surface area (Å²) in [4.78, 5) is 64.7. The lowest BCUT2D eigenvalue weighted by atomic mass is 10.2. The van der Waals surface area contributed by atoms with E-state index < -0.39 is 74.3 Å². The minimum Gasteiger partial charge on any atom is -0.481 e. The van der Waals surface area contributed by atoms with Gasteiger partial charge in [-0.15, -0.1) is 0 Å². The molecule has 0 aromatic rings. The first-order valence-electron chi connectivity index (χ1n) is 6.07. The summed E-state index contributed by atoms with van der Waals surface area (Å²) in [6.07, 6.45) is -2.05. The van der Waals surface area contributed by atoms with E-state index in [1.54, 1.807) is 0 Å². The number of esters is 2. The molecule has 22 heavy (non-hydrogen) atoms. The van der Waals surface area contributed by atoms with Crippen molar-refractivity contribution in [1.82, 2.24) is 0 Å². The van der Waals surface area contributed by atoms with E-state index in [0.29, 0.717) is 0 Å². The van der Waals surface area contributed by atoms with Gasteiger partial charge in [-0.1, -0.05) is 0 Å². The highest BCUT2D eigenvalue weighted by Crippen LogP contribution is 1.96. The van der Waals surface area contributed by atoms with Crippen LogP contribution >= 0.6 is 0 Å². The molecule has 10 nitrogen and oxygen atoms in total. The highest BCUT2D eigenvalue weighted by Gasteiger charge is 2.18. The van der Waals surface area contributed by atoms with E-state index in [9.17, 15) is 28.8 Å². The summed E-state index contributed by atoms with van der Waals surface area (Å²) >= 11 is 0. The molecule has 0 bridgehead atoms.